The maximum absolute atomic E-state index is 14.5. The first-order valence-corrected chi connectivity index (χ1v) is 9.06. The number of anilines is 1. The van der Waals surface area contributed by atoms with E-state index in [2.05, 4.69) is 27.0 Å². The number of rotatable bonds is 1. The SMILES string of the molecule is CC(C)(C)OC(=O)N1CC=C(c2c(C#N)c(N)nc3c(F)c(Br)ccc23)C1. The van der Waals surface area contributed by atoms with E-state index in [0.29, 0.717) is 23.1 Å². The number of carbonyl (C=O) groups is 1. The van der Waals surface area contributed by atoms with Crippen LogP contribution in [0, 0.1) is 17.1 Å². The van der Waals surface area contributed by atoms with Crippen molar-refractivity contribution < 1.29 is 13.9 Å². The molecule has 2 N–H and O–H groups in total. The zero-order valence-electron chi connectivity index (χ0n) is 15.1. The van der Waals surface area contributed by atoms with Crippen molar-refractivity contribution in [2.24, 2.45) is 0 Å². The van der Waals surface area contributed by atoms with E-state index in [1.54, 1.807) is 32.9 Å². The highest BCUT2D eigenvalue weighted by Crippen LogP contribution is 2.35. The number of ether oxygens (including phenoxy) is 1. The molecule has 6 nitrogen and oxygen atoms in total. The lowest BCUT2D eigenvalue weighted by molar-refractivity contribution is 0.0306. The van der Waals surface area contributed by atoms with Gasteiger partial charge < -0.3 is 15.4 Å². The molecule has 140 valence electrons. The number of nitrogens with zero attached hydrogens (tertiary/aromatic N) is 3. The largest absolute Gasteiger partial charge is 0.444 e. The fraction of sp³-hybridized carbons (Fsp3) is 0.316. The van der Waals surface area contributed by atoms with Crippen LogP contribution < -0.4 is 5.73 Å². The molecule has 0 atom stereocenters. The van der Waals surface area contributed by atoms with Gasteiger partial charge in [0.05, 0.1) is 4.47 Å². The van der Waals surface area contributed by atoms with Crippen LogP contribution in [0.5, 0.6) is 0 Å². The number of pyridine rings is 1. The molecule has 1 aromatic carbocycles. The molecule has 0 saturated heterocycles. The highest BCUT2D eigenvalue weighted by Gasteiger charge is 2.28. The zero-order valence-corrected chi connectivity index (χ0v) is 16.7. The highest BCUT2D eigenvalue weighted by molar-refractivity contribution is 9.10. The molecule has 0 fully saturated rings. The number of nitrogen functional groups attached to an aromatic ring is 1. The maximum Gasteiger partial charge on any atom is 0.410 e. The van der Waals surface area contributed by atoms with Crippen LogP contribution in [0.1, 0.15) is 31.9 Å². The summed E-state index contributed by atoms with van der Waals surface area (Å²) in [5.74, 6) is -0.596. The van der Waals surface area contributed by atoms with Crippen molar-refractivity contribution in [3.63, 3.8) is 0 Å². The Balaban J connectivity index is 2.06. The highest BCUT2D eigenvalue weighted by atomic mass is 79.9. The molecule has 8 heteroatoms. The smallest absolute Gasteiger partial charge is 0.410 e. The lowest BCUT2D eigenvalue weighted by atomic mass is 9.96. The Kier molecular flexibility index (Phi) is 4.82. The fourth-order valence-electron chi connectivity index (χ4n) is 2.94. The van der Waals surface area contributed by atoms with Crippen LogP contribution in [0.2, 0.25) is 0 Å². The third-order valence-electron chi connectivity index (χ3n) is 4.08. The Morgan fingerprint density at radius 3 is 2.78 bits per heavy atom. The third-order valence-corrected chi connectivity index (χ3v) is 4.69. The number of nitriles is 1. The Labute approximate surface area is 164 Å². The van der Waals surface area contributed by atoms with Crippen LogP contribution in [-0.2, 0) is 4.74 Å². The second-order valence-electron chi connectivity index (χ2n) is 7.21. The number of carbonyl (C=O) groups excluding carboxylic acids is 1. The van der Waals surface area contributed by atoms with Crippen LogP contribution in [0.25, 0.3) is 16.5 Å². The molecule has 1 amide bonds. The number of hydrogen-bond donors (Lipinski definition) is 1. The molecule has 1 aliphatic heterocycles. The molecule has 0 radical (unpaired) electrons. The van der Waals surface area contributed by atoms with E-state index >= 15 is 0 Å². The number of amides is 1. The Hall–Kier alpha value is -2.66. The summed E-state index contributed by atoms with van der Waals surface area (Å²) in [5.41, 5.74) is 6.75. The van der Waals surface area contributed by atoms with E-state index in [0.717, 1.165) is 0 Å². The van der Waals surface area contributed by atoms with Crippen molar-refractivity contribution in [3.8, 4) is 6.07 Å². The van der Waals surface area contributed by atoms with Gasteiger partial charge in [-0.25, -0.2) is 14.2 Å². The van der Waals surface area contributed by atoms with Crippen LogP contribution >= 0.6 is 15.9 Å². The van der Waals surface area contributed by atoms with E-state index in [4.69, 9.17) is 10.5 Å². The van der Waals surface area contributed by atoms with Gasteiger partial charge in [0.1, 0.15) is 28.6 Å². The van der Waals surface area contributed by atoms with Gasteiger partial charge in [0.15, 0.2) is 5.82 Å². The van der Waals surface area contributed by atoms with E-state index < -0.39 is 17.5 Å². The molecule has 1 aromatic heterocycles. The molecule has 27 heavy (non-hydrogen) atoms. The number of aromatic nitrogens is 1. The van der Waals surface area contributed by atoms with E-state index in [9.17, 15) is 14.4 Å². The molecule has 0 bridgehead atoms. The van der Waals surface area contributed by atoms with Crippen LogP contribution in [0.3, 0.4) is 0 Å². The Bertz CT molecular complexity index is 1020. The van der Waals surface area contributed by atoms with E-state index in [1.807, 2.05) is 6.08 Å². The zero-order chi connectivity index (χ0) is 19.9. The van der Waals surface area contributed by atoms with E-state index in [-0.39, 0.29) is 27.9 Å². The topological polar surface area (TPSA) is 92.2 Å². The minimum Gasteiger partial charge on any atom is -0.444 e. The summed E-state index contributed by atoms with van der Waals surface area (Å²) < 4.78 is 20.2. The summed E-state index contributed by atoms with van der Waals surface area (Å²) >= 11 is 3.14. The van der Waals surface area contributed by atoms with E-state index in [1.165, 1.54) is 4.90 Å². The molecule has 1 aliphatic rings. The summed E-state index contributed by atoms with van der Waals surface area (Å²) in [4.78, 5) is 17.9. The van der Waals surface area contributed by atoms with Gasteiger partial charge in [0, 0.05) is 24.0 Å². The van der Waals surface area contributed by atoms with Gasteiger partial charge in [-0.3, -0.25) is 0 Å². The Morgan fingerprint density at radius 1 is 1.44 bits per heavy atom. The second-order valence-corrected chi connectivity index (χ2v) is 8.06. The molecule has 0 unspecified atom stereocenters. The molecule has 0 saturated carbocycles. The first-order valence-electron chi connectivity index (χ1n) is 8.27. The summed E-state index contributed by atoms with van der Waals surface area (Å²) in [7, 11) is 0. The molecule has 2 heterocycles. The minimum absolute atomic E-state index is 0.0476. The number of benzene rings is 1. The quantitative estimate of drug-likeness (QED) is 0.727. The minimum atomic E-state index is -0.610. The molecule has 0 spiro atoms. The average molecular weight is 433 g/mol. The van der Waals surface area contributed by atoms with Gasteiger partial charge >= 0.3 is 6.09 Å². The predicted molar refractivity (Wildman–Crippen MR) is 104 cm³/mol. The van der Waals surface area contributed by atoms with Gasteiger partial charge in [-0.05, 0) is 48.3 Å². The standard InChI is InChI=1S/C19H18BrFN4O2/c1-19(2,3)27-18(26)25-7-6-10(9-25)14-11-4-5-13(20)15(21)16(11)24-17(23)12(14)8-22/h4-6H,7,9H2,1-3H3,(H2,23,24). The third kappa shape index (κ3) is 3.60. The average Bonchev–Trinajstić information content (AvgIpc) is 3.06. The van der Waals surface area contributed by atoms with Crippen molar-refractivity contribution in [2.45, 2.75) is 26.4 Å². The van der Waals surface area contributed by atoms with Crippen molar-refractivity contribution in [2.75, 3.05) is 18.8 Å². The van der Waals surface area contributed by atoms with Crippen molar-refractivity contribution in [1.29, 1.82) is 5.26 Å². The van der Waals surface area contributed by atoms with Gasteiger partial charge in [0.2, 0.25) is 0 Å². The molecule has 2 aromatic rings. The molecule has 0 aliphatic carbocycles. The summed E-state index contributed by atoms with van der Waals surface area (Å²) in [6.07, 6.45) is 1.37. The number of nitrogens with two attached hydrogens (primary N) is 1. The summed E-state index contributed by atoms with van der Waals surface area (Å²) in [6.45, 7) is 5.94. The van der Waals surface area contributed by atoms with Gasteiger partial charge in [-0.1, -0.05) is 12.1 Å². The maximum atomic E-state index is 14.5. The van der Waals surface area contributed by atoms with Gasteiger partial charge in [-0.15, -0.1) is 0 Å². The normalized spacial score (nSPS) is 14.2. The molecular formula is C19H18BrFN4O2. The van der Waals surface area contributed by atoms with Crippen LogP contribution in [0.15, 0.2) is 22.7 Å². The summed E-state index contributed by atoms with van der Waals surface area (Å²) in [5, 5.41) is 10.0. The first-order chi connectivity index (χ1) is 12.6. The first kappa shape index (κ1) is 19.1. The molecule has 3 rings (SSSR count). The lowest BCUT2D eigenvalue weighted by Gasteiger charge is -2.24. The monoisotopic (exact) mass is 432 g/mol. The second kappa shape index (κ2) is 6.82. The van der Waals surface area contributed by atoms with Crippen molar-refractivity contribution in [1.82, 2.24) is 9.88 Å². The number of hydrogen-bond acceptors (Lipinski definition) is 5. The predicted octanol–water partition coefficient (Wildman–Crippen LogP) is 4.22. The number of fused-ring (bicyclic) bond motifs is 1. The fourth-order valence-corrected chi connectivity index (χ4v) is 3.26. The van der Waals surface area contributed by atoms with Gasteiger partial charge in [-0.2, -0.15) is 5.26 Å². The van der Waals surface area contributed by atoms with Crippen molar-refractivity contribution >= 4 is 44.3 Å². The number of halogens is 2. The summed E-state index contributed by atoms with van der Waals surface area (Å²) in [6, 6.07) is 5.29. The van der Waals surface area contributed by atoms with Crippen LogP contribution in [-0.4, -0.2) is 34.7 Å². The van der Waals surface area contributed by atoms with Crippen LogP contribution in [0.4, 0.5) is 15.0 Å². The lowest BCUT2D eigenvalue weighted by Crippen LogP contribution is -2.35. The van der Waals surface area contributed by atoms with Gasteiger partial charge in [0.25, 0.3) is 0 Å². The Morgan fingerprint density at radius 2 is 2.15 bits per heavy atom. The molecular weight excluding hydrogens is 415 g/mol. The van der Waals surface area contributed by atoms with Crippen molar-refractivity contribution in [3.05, 3.63) is 39.6 Å².